The van der Waals surface area contributed by atoms with Crippen molar-refractivity contribution in [2.75, 3.05) is 25.9 Å². The van der Waals surface area contributed by atoms with Crippen molar-refractivity contribution in [2.45, 2.75) is 12.5 Å². The van der Waals surface area contributed by atoms with E-state index in [2.05, 4.69) is 0 Å². The van der Waals surface area contributed by atoms with Gasteiger partial charge in [0.05, 0.1) is 6.42 Å². The molecule has 0 aliphatic heterocycles. The smallest absolute Gasteiger partial charge is 0.307 e. The number of hydrogen-bond acceptors (Lipinski definition) is 6. The van der Waals surface area contributed by atoms with E-state index in [0.29, 0.717) is 17.2 Å². The van der Waals surface area contributed by atoms with Gasteiger partial charge in [-0.15, -0.1) is 11.6 Å². The Labute approximate surface area is 262 Å². The molecule has 5 aromatic rings. The van der Waals surface area contributed by atoms with Crippen LogP contribution in [0.15, 0.2) is 133 Å². The molecule has 0 amide bonds. The van der Waals surface area contributed by atoms with Crippen molar-refractivity contribution in [3.8, 4) is 45.3 Å². The Morgan fingerprint density at radius 1 is 0.568 bits per heavy atom. The first-order chi connectivity index (χ1) is 21.7. The summed E-state index contributed by atoms with van der Waals surface area (Å²) >= 11 is 5.76. The Balaban J connectivity index is 1.19. The molecule has 224 valence electrons. The van der Waals surface area contributed by atoms with Crippen LogP contribution in [0.3, 0.4) is 0 Å². The van der Waals surface area contributed by atoms with Gasteiger partial charge in [-0.1, -0.05) is 103 Å². The normalized spacial score (nSPS) is 11.3. The van der Waals surface area contributed by atoms with Gasteiger partial charge in [-0.25, -0.2) is 0 Å². The summed E-state index contributed by atoms with van der Waals surface area (Å²) in [5, 5.41) is 0. The molecule has 0 saturated heterocycles. The third-order valence-corrected chi connectivity index (χ3v) is 6.84. The van der Waals surface area contributed by atoms with Crippen molar-refractivity contribution >= 4 is 17.6 Å². The molecule has 0 radical (unpaired) electrons. The molecule has 0 aliphatic carbocycles. The number of para-hydroxylation sites is 2. The highest BCUT2D eigenvalue weighted by molar-refractivity contribution is 6.18. The Morgan fingerprint density at radius 3 is 1.70 bits per heavy atom. The zero-order valence-corrected chi connectivity index (χ0v) is 24.9. The SMILES string of the molecule is O=C(CCCl)OC(COc1cccc(OCOc2ccccc2-c2ccccc2)c1)COc1ccccc1-c1ccccc1. The lowest BCUT2D eigenvalue weighted by molar-refractivity contribution is -0.151. The lowest BCUT2D eigenvalue weighted by Crippen LogP contribution is -2.31. The highest BCUT2D eigenvalue weighted by Crippen LogP contribution is 2.31. The molecule has 7 heteroatoms. The second-order valence-corrected chi connectivity index (χ2v) is 10.2. The van der Waals surface area contributed by atoms with E-state index in [9.17, 15) is 4.79 Å². The van der Waals surface area contributed by atoms with Gasteiger partial charge in [-0.3, -0.25) is 4.79 Å². The van der Waals surface area contributed by atoms with Gasteiger partial charge in [0, 0.05) is 23.1 Å². The van der Waals surface area contributed by atoms with E-state index >= 15 is 0 Å². The molecule has 0 aromatic heterocycles. The fourth-order valence-corrected chi connectivity index (χ4v) is 4.68. The standard InChI is InChI=1S/C37H33ClO6/c38-23-22-37(39)44-32(26-41-35-20-9-7-18-33(35)28-12-3-1-4-13-28)25-40-30-16-11-17-31(24-30)42-27-43-36-21-10-8-19-34(36)29-14-5-2-6-15-29/h1-21,24,32H,22-23,25-27H2. The Bertz CT molecular complexity index is 1610. The van der Waals surface area contributed by atoms with E-state index in [1.807, 2.05) is 127 Å². The zero-order chi connectivity index (χ0) is 30.4. The van der Waals surface area contributed by atoms with Gasteiger partial charge < -0.3 is 23.7 Å². The van der Waals surface area contributed by atoms with Crippen LogP contribution >= 0.6 is 11.6 Å². The van der Waals surface area contributed by atoms with Crippen molar-refractivity contribution in [2.24, 2.45) is 0 Å². The molecule has 1 atom stereocenters. The Morgan fingerprint density at radius 2 is 1.09 bits per heavy atom. The van der Waals surface area contributed by atoms with E-state index in [4.69, 9.17) is 35.3 Å². The maximum absolute atomic E-state index is 12.3. The summed E-state index contributed by atoms with van der Waals surface area (Å²) in [5.74, 6) is 2.28. The number of halogens is 1. The monoisotopic (exact) mass is 608 g/mol. The fraction of sp³-hybridized carbons (Fsp3) is 0.162. The van der Waals surface area contributed by atoms with Crippen LogP contribution in [0.5, 0.6) is 23.0 Å². The molecule has 6 nitrogen and oxygen atoms in total. The molecule has 5 aromatic carbocycles. The van der Waals surface area contributed by atoms with Crippen molar-refractivity contribution in [1.82, 2.24) is 0 Å². The zero-order valence-electron chi connectivity index (χ0n) is 24.1. The maximum atomic E-state index is 12.3. The van der Waals surface area contributed by atoms with Gasteiger partial charge in [-0.05, 0) is 35.4 Å². The predicted octanol–water partition coefficient (Wildman–Crippen LogP) is 8.43. The second kappa shape index (κ2) is 16.1. The number of carbonyl (C=O) groups excluding carboxylic acids is 1. The Kier molecular flexibility index (Phi) is 11.1. The molecular weight excluding hydrogens is 576 g/mol. The number of carbonyl (C=O) groups is 1. The van der Waals surface area contributed by atoms with Gasteiger partial charge in [-0.2, -0.15) is 0 Å². The van der Waals surface area contributed by atoms with Gasteiger partial charge in [0.1, 0.15) is 36.2 Å². The van der Waals surface area contributed by atoms with E-state index in [1.165, 1.54) is 0 Å². The lowest BCUT2D eigenvalue weighted by Gasteiger charge is -2.20. The van der Waals surface area contributed by atoms with E-state index in [0.717, 1.165) is 28.0 Å². The summed E-state index contributed by atoms with van der Waals surface area (Å²) in [5.41, 5.74) is 4.02. The first-order valence-electron chi connectivity index (χ1n) is 14.3. The third-order valence-electron chi connectivity index (χ3n) is 6.65. The van der Waals surface area contributed by atoms with E-state index in [1.54, 1.807) is 6.07 Å². The number of esters is 1. The number of hydrogen-bond donors (Lipinski definition) is 0. The van der Waals surface area contributed by atoms with Crippen LogP contribution in [0.1, 0.15) is 6.42 Å². The van der Waals surface area contributed by atoms with Crippen LogP contribution in [0.4, 0.5) is 0 Å². The topological polar surface area (TPSA) is 63.2 Å². The van der Waals surface area contributed by atoms with Crippen LogP contribution in [-0.4, -0.2) is 38.0 Å². The molecule has 0 bridgehead atoms. The highest BCUT2D eigenvalue weighted by Gasteiger charge is 2.18. The summed E-state index contributed by atoms with van der Waals surface area (Å²) in [6.45, 7) is 0.190. The molecule has 0 fully saturated rings. The predicted molar refractivity (Wildman–Crippen MR) is 173 cm³/mol. The first-order valence-corrected chi connectivity index (χ1v) is 14.9. The number of ether oxygens (including phenoxy) is 5. The average Bonchev–Trinajstić information content (AvgIpc) is 3.07. The largest absolute Gasteiger partial charge is 0.489 e. The third kappa shape index (κ3) is 8.79. The van der Waals surface area contributed by atoms with Gasteiger partial charge in [0.25, 0.3) is 0 Å². The summed E-state index contributed by atoms with van der Waals surface area (Å²) in [7, 11) is 0. The summed E-state index contributed by atoms with van der Waals surface area (Å²) < 4.78 is 29.7. The first kappa shape index (κ1) is 30.5. The number of alkyl halides is 1. The van der Waals surface area contributed by atoms with Crippen LogP contribution in [0.25, 0.3) is 22.3 Å². The molecule has 0 heterocycles. The van der Waals surface area contributed by atoms with Crippen molar-refractivity contribution in [3.05, 3.63) is 133 Å². The summed E-state index contributed by atoms with van der Waals surface area (Å²) in [6.07, 6.45) is -0.577. The molecule has 0 spiro atoms. The van der Waals surface area contributed by atoms with Crippen molar-refractivity contribution < 1.29 is 28.5 Å². The van der Waals surface area contributed by atoms with Crippen LogP contribution in [0.2, 0.25) is 0 Å². The van der Waals surface area contributed by atoms with E-state index in [-0.39, 0.29) is 32.3 Å². The minimum Gasteiger partial charge on any atom is -0.489 e. The quantitative estimate of drug-likeness (QED) is 0.0675. The molecule has 0 N–H and O–H groups in total. The molecule has 1 unspecified atom stereocenters. The maximum Gasteiger partial charge on any atom is 0.307 e. The fourth-order valence-electron chi connectivity index (χ4n) is 4.52. The molecule has 44 heavy (non-hydrogen) atoms. The summed E-state index contributed by atoms with van der Waals surface area (Å²) in [4.78, 5) is 12.3. The van der Waals surface area contributed by atoms with Gasteiger partial charge >= 0.3 is 5.97 Å². The molecule has 0 aliphatic rings. The Hall–Kier alpha value is -4.94. The molecular formula is C37H33ClO6. The van der Waals surface area contributed by atoms with Crippen molar-refractivity contribution in [3.63, 3.8) is 0 Å². The summed E-state index contributed by atoms with van der Waals surface area (Å²) in [6, 6.07) is 42.8. The number of rotatable bonds is 15. The number of benzene rings is 5. The van der Waals surface area contributed by atoms with E-state index < -0.39 is 12.1 Å². The lowest BCUT2D eigenvalue weighted by atomic mass is 10.1. The van der Waals surface area contributed by atoms with Crippen LogP contribution < -0.4 is 18.9 Å². The van der Waals surface area contributed by atoms with Crippen molar-refractivity contribution in [1.29, 1.82) is 0 Å². The minimum absolute atomic E-state index is 0.0145. The molecule has 0 saturated carbocycles. The molecule has 5 rings (SSSR count). The average molecular weight is 609 g/mol. The highest BCUT2D eigenvalue weighted by atomic mass is 35.5. The minimum atomic E-state index is -0.669. The van der Waals surface area contributed by atoms with Gasteiger partial charge in [0.2, 0.25) is 6.79 Å². The second-order valence-electron chi connectivity index (χ2n) is 9.78. The van der Waals surface area contributed by atoms with Crippen LogP contribution in [0, 0.1) is 0 Å². The van der Waals surface area contributed by atoms with Gasteiger partial charge in [0.15, 0.2) is 6.10 Å². The van der Waals surface area contributed by atoms with Crippen LogP contribution in [-0.2, 0) is 9.53 Å².